The van der Waals surface area contributed by atoms with E-state index in [4.69, 9.17) is 31.3 Å². The molecular weight excluding hydrogens is 402 g/mol. The van der Waals surface area contributed by atoms with E-state index in [0.717, 1.165) is 52.8 Å². The Kier molecular flexibility index (Phi) is 4.73. The smallest absolute Gasteiger partial charge is 0.163 e. The molecule has 7 nitrogen and oxygen atoms in total. The first-order valence-electron chi connectivity index (χ1n) is 10.1. The van der Waals surface area contributed by atoms with Gasteiger partial charge in [-0.2, -0.15) is 5.26 Å². The molecule has 1 saturated carbocycles. The van der Waals surface area contributed by atoms with Gasteiger partial charge in [0, 0.05) is 43.3 Å². The molecule has 3 aromatic heterocycles. The zero-order chi connectivity index (χ0) is 20.9. The predicted octanol–water partition coefficient (Wildman–Crippen LogP) is 4.19. The minimum absolute atomic E-state index is 0.101. The number of rotatable bonds is 4. The normalized spacial score (nSPS) is 25.9. The lowest BCUT2D eigenvalue weighted by atomic mass is 9.81. The van der Waals surface area contributed by atoms with E-state index in [1.165, 1.54) is 0 Å². The summed E-state index contributed by atoms with van der Waals surface area (Å²) in [5.74, 6) is 0.101. The number of nitrogens with zero attached hydrogens (tertiary/aromatic N) is 5. The average Bonchev–Trinajstić information content (AvgIpc) is 3.33. The van der Waals surface area contributed by atoms with Gasteiger partial charge in [0.25, 0.3) is 0 Å². The number of ether oxygens (including phenoxy) is 2. The van der Waals surface area contributed by atoms with E-state index < -0.39 is 5.60 Å². The van der Waals surface area contributed by atoms with Gasteiger partial charge in [-0.3, -0.25) is 0 Å². The highest BCUT2D eigenvalue weighted by Crippen LogP contribution is 2.42. The Morgan fingerprint density at radius 1 is 1.30 bits per heavy atom. The highest BCUT2D eigenvalue weighted by Gasteiger charge is 2.39. The van der Waals surface area contributed by atoms with Crippen LogP contribution in [0.3, 0.4) is 0 Å². The molecule has 3 aromatic rings. The van der Waals surface area contributed by atoms with Crippen LogP contribution in [0.25, 0.3) is 22.3 Å². The van der Waals surface area contributed by atoms with E-state index in [2.05, 4.69) is 46.1 Å². The SMILES string of the molecule is COC1(c2cc(C)cc(-c3cn(C4CC(C#N)C4)c4nnc(Cl)cc34)n2)CCOC1. The van der Waals surface area contributed by atoms with Crippen molar-refractivity contribution in [1.29, 1.82) is 5.26 Å². The summed E-state index contributed by atoms with van der Waals surface area (Å²) in [5.41, 5.74) is 4.02. The Balaban J connectivity index is 1.65. The van der Waals surface area contributed by atoms with Crippen molar-refractivity contribution >= 4 is 22.6 Å². The monoisotopic (exact) mass is 423 g/mol. The van der Waals surface area contributed by atoms with Crippen LogP contribution in [-0.4, -0.2) is 40.1 Å². The van der Waals surface area contributed by atoms with Gasteiger partial charge in [-0.15, -0.1) is 10.2 Å². The Morgan fingerprint density at radius 3 is 2.83 bits per heavy atom. The summed E-state index contributed by atoms with van der Waals surface area (Å²) in [5, 5.41) is 18.8. The maximum Gasteiger partial charge on any atom is 0.163 e. The third kappa shape index (κ3) is 3.07. The molecule has 30 heavy (non-hydrogen) atoms. The van der Waals surface area contributed by atoms with Crippen molar-refractivity contribution in [2.45, 2.75) is 37.8 Å². The summed E-state index contributed by atoms with van der Waals surface area (Å²) in [6.07, 6.45) is 4.49. The van der Waals surface area contributed by atoms with Gasteiger partial charge in [-0.1, -0.05) is 11.6 Å². The molecule has 1 aliphatic heterocycles. The van der Waals surface area contributed by atoms with Crippen LogP contribution in [-0.2, 0) is 15.1 Å². The van der Waals surface area contributed by atoms with Crippen molar-refractivity contribution in [3.8, 4) is 17.3 Å². The standard InChI is InChI=1S/C22H22ClN5O2/c1-13-5-18(25-19(6-13)22(29-2)3-4-30-12-22)17-11-28(15-7-14(8-15)10-24)21-16(17)9-20(23)26-27-21/h5-6,9,11,14-15H,3-4,7-8,12H2,1-2H3. The molecule has 0 aromatic carbocycles. The lowest BCUT2D eigenvalue weighted by molar-refractivity contribution is -0.0245. The number of hydrogen-bond acceptors (Lipinski definition) is 6. The van der Waals surface area contributed by atoms with Gasteiger partial charge in [-0.25, -0.2) is 4.98 Å². The van der Waals surface area contributed by atoms with E-state index in [1.54, 1.807) is 7.11 Å². The highest BCUT2D eigenvalue weighted by atomic mass is 35.5. The minimum atomic E-state index is -0.523. The molecule has 0 N–H and O–H groups in total. The van der Waals surface area contributed by atoms with Crippen molar-refractivity contribution in [2.75, 3.05) is 20.3 Å². The second-order valence-electron chi connectivity index (χ2n) is 8.22. The fraction of sp³-hybridized carbons (Fsp3) is 0.455. The maximum absolute atomic E-state index is 9.16. The van der Waals surface area contributed by atoms with Crippen LogP contribution >= 0.6 is 11.6 Å². The fourth-order valence-electron chi connectivity index (χ4n) is 4.48. The number of halogens is 1. The highest BCUT2D eigenvalue weighted by molar-refractivity contribution is 6.30. The fourth-order valence-corrected chi connectivity index (χ4v) is 4.62. The van der Waals surface area contributed by atoms with Crippen LogP contribution in [0.1, 0.15) is 36.6 Å². The number of nitriles is 1. The first-order valence-corrected chi connectivity index (χ1v) is 10.5. The molecule has 0 spiro atoms. The van der Waals surface area contributed by atoms with Crippen LogP contribution < -0.4 is 0 Å². The Labute approximate surface area is 179 Å². The Morgan fingerprint density at radius 2 is 2.13 bits per heavy atom. The summed E-state index contributed by atoms with van der Waals surface area (Å²) in [6.45, 7) is 3.21. The van der Waals surface area contributed by atoms with Gasteiger partial charge < -0.3 is 14.0 Å². The number of aromatic nitrogens is 4. The largest absolute Gasteiger partial charge is 0.378 e. The summed E-state index contributed by atoms with van der Waals surface area (Å²) in [6, 6.07) is 8.55. The molecule has 1 aliphatic carbocycles. The van der Waals surface area contributed by atoms with Gasteiger partial charge in [0.2, 0.25) is 0 Å². The molecule has 0 radical (unpaired) electrons. The van der Waals surface area contributed by atoms with Gasteiger partial charge in [0.15, 0.2) is 10.8 Å². The number of hydrogen-bond donors (Lipinski definition) is 0. The first-order chi connectivity index (χ1) is 14.5. The lowest BCUT2D eigenvalue weighted by Crippen LogP contribution is -2.30. The summed E-state index contributed by atoms with van der Waals surface area (Å²) < 4.78 is 13.6. The number of methoxy groups -OCH3 is 1. The zero-order valence-corrected chi connectivity index (χ0v) is 17.7. The van der Waals surface area contributed by atoms with Crippen molar-refractivity contribution in [3.05, 3.63) is 40.8 Å². The minimum Gasteiger partial charge on any atom is -0.378 e. The summed E-state index contributed by atoms with van der Waals surface area (Å²) in [7, 11) is 1.71. The number of aryl methyl sites for hydroxylation is 1. The molecule has 2 fully saturated rings. The number of pyridine rings is 1. The van der Waals surface area contributed by atoms with Crippen LogP contribution in [0.5, 0.6) is 0 Å². The summed E-state index contributed by atoms with van der Waals surface area (Å²) >= 11 is 6.19. The molecule has 2 aliphatic rings. The quantitative estimate of drug-likeness (QED) is 0.625. The molecular formula is C22H22ClN5O2. The van der Waals surface area contributed by atoms with Crippen LogP contribution in [0.4, 0.5) is 0 Å². The van der Waals surface area contributed by atoms with Crippen molar-refractivity contribution in [1.82, 2.24) is 19.7 Å². The second kappa shape index (κ2) is 7.31. The molecule has 1 saturated heterocycles. The molecule has 0 amide bonds. The van der Waals surface area contributed by atoms with Gasteiger partial charge >= 0.3 is 0 Å². The average molecular weight is 424 g/mol. The van der Waals surface area contributed by atoms with E-state index in [1.807, 2.05) is 6.07 Å². The summed E-state index contributed by atoms with van der Waals surface area (Å²) in [4.78, 5) is 4.99. The topological polar surface area (TPSA) is 85.9 Å². The van der Waals surface area contributed by atoms with E-state index in [9.17, 15) is 0 Å². The van der Waals surface area contributed by atoms with E-state index in [-0.39, 0.29) is 12.0 Å². The number of fused-ring (bicyclic) bond motifs is 1. The maximum atomic E-state index is 9.16. The molecule has 4 heterocycles. The Bertz CT molecular complexity index is 1160. The van der Waals surface area contributed by atoms with Crippen LogP contribution in [0, 0.1) is 24.2 Å². The second-order valence-corrected chi connectivity index (χ2v) is 8.61. The van der Waals surface area contributed by atoms with Crippen molar-refractivity contribution < 1.29 is 9.47 Å². The zero-order valence-electron chi connectivity index (χ0n) is 16.9. The molecule has 0 bridgehead atoms. The van der Waals surface area contributed by atoms with E-state index >= 15 is 0 Å². The van der Waals surface area contributed by atoms with Gasteiger partial charge in [0.1, 0.15) is 5.60 Å². The van der Waals surface area contributed by atoms with Crippen molar-refractivity contribution in [3.63, 3.8) is 0 Å². The first kappa shape index (κ1) is 19.4. The van der Waals surface area contributed by atoms with Crippen molar-refractivity contribution in [2.24, 2.45) is 5.92 Å². The lowest BCUT2D eigenvalue weighted by Gasteiger charge is -2.32. The molecule has 1 unspecified atom stereocenters. The predicted molar refractivity (Wildman–Crippen MR) is 112 cm³/mol. The molecule has 5 rings (SSSR count). The van der Waals surface area contributed by atoms with Crippen LogP contribution in [0.2, 0.25) is 5.15 Å². The van der Waals surface area contributed by atoms with Gasteiger partial charge in [-0.05, 0) is 43.5 Å². The molecule has 1 atom stereocenters. The molecule has 154 valence electrons. The van der Waals surface area contributed by atoms with Gasteiger partial charge in [0.05, 0.1) is 30.0 Å². The van der Waals surface area contributed by atoms with Crippen LogP contribution in [0.15, 0.2) is 24.4 Å². The third-order valence-electron chi connectivity index (χ3n) is 6.33. The Hall–Kier alpha value is -2.53. The van der Waals surface area contributed by atoms with E-state index in [0.29, 0.717) is 18.4 Å². The third-order valence-corrected chi connectivity index (χ3v) is 6.51. The molecule has 8 heteroatoms.